The Morgan fingerprint density at radius 2 is 1.71 bits per heavy atom. The summed E-state index contributed by atoms with van der Waals surface area (Å²) in [7, 11) is 1.55. The van der Waals surface area contributed by atoms with Crippen LogP contribution < -0.4 is 26.2 Å². The van der Waals surface area contributed by atoms with Crippen molar-refractivity contribution in [2.75, 3.05) is 23.0 Å². The Bertz CT molecular complexity index is 1870. The van der Waals surface area contributed by atoms with Crippen molar-refractivity contribution < 1.29 is 20.4 Å². The number of aromatic nitrogens is 2. The molecule has 0 radical (unpaired) electrons. The van der Waals surface area contributed by atoms with Gasteiger partial charge in [-0.1, -0.05) is 41.6 Å². The van der Waals surface area contributed by atoms with E-state index in [1.54, 1.807) is 73.8 Å². The number of rotatable bonds is 8. The van der Waals surface area contributed by atoms with Gasteiger partial charge in [0.25, 0.3) is 5.56 Å². The molecule has 13 heteroatoms. The number of oxime groups is 1. The maximum Gasteiger partial charge on any atom is 0.280 e. The first kappa shape index (κ1) is 28.1. The van der Waals surface area contributed by atoms with Crippen LogP contribution in [0, 0.1) is 17.3 Å². The molecular formula is C29H24N6O7-2. The zero-order valence-electron chi connectivity index (χ0n) is 22.3. The topological polar surface area (TPSA) is 182 Å². The second-order valence-corrected chi connectivity index (χ2v) is 9.13. The molecule has 42 heavy (non-hydrogen) atoms. The molecule has 0 aliphatic heterocycles. The number of fused-ring (bicyclic) bond motifs is 1. The number of nitrogens with one attached hydrogen (secondary N) is 1. The first-order chi connectivity index (χ1) is 20.2. The molecular weight excluding hydrogens is 544 g/mol. The third-order valence-corrected chi connectivity index (χ3v) is 6.61. The van der Waals surface area contributed by atoms with Crippen molar-refractivity contribution >= 4 is 33.7 Å². The lowest BCUT2D eigenvalue weighted by molar-refractivity contribution is 0.293. The average Bonchev–Trinajstić information content (AvgIpc) is 2.99. The Balaban J connectivity index is 1.74. The lowest BCUT2D eigenvalue weighted by Crippen LogP contribution is -2.30. The van der Waals surface area contributed by atoms with Gasteiger partial charge >= 0.3 is 0 Å². The first-order valence-electron chi connectivity index (χ1n) is 12.5. The van der Waals surface area contributed by atoms with Crippen molar-refractivity contribution in [3.8, 4) is 17.1 Å². The van der Waals surface area contributed by atoms with Gasteiger partial charge in [-0.3, -0.25) is 20.6 Å². The number of methoxy groups -OCH3 is 1. The summed E-state index contributed by atoms with van der Waals surface area (Å²) in [5.74, 6) is 0.733. The van der Waals surface area contributed by atoms with Crippen molar-refractivity contribution in [1.29, 1.82) is 0 Å². The monoisotopic (exact) mass is 568 g/mol. The number of hydrogen-bond acceptors (Lipinski definition) is 12. The van der Waals surface area contributed by atoms with Crippen LogP contribution >= 0.6 is 0 Å². The van der Waals surface area contributed by atoms with Gasteiger partial charge in [-0.15, -0.1) is 0 Å². The normalized spacial score (nSPS) is 11.4. The van der Waals surface area contributed by atoms with Crippen molar-refractivity contribution in [2.24, 2.45) is 5.16 Å². The Hall–Kier alpha value is -5.47. The summed E-state index contributed by atoms with van der Waals surface area (Å²) in [4.78, 5) is 18.6. The highest BCUT2D eigenvalue weighted by molar-refractivity contribution is 6.16. The molecule has 13 nitrogen and oxygen atoms in total. The third kappa shape index (κ3) is 5.18. The Labute approximate surface area is 238 Å². The summed E-state index contributed by atoms with van der Waals surface area (Å²) < 4.78 is 6.42. The molecule has 0 spiro atoms. The van der Waals surface area contributed by atoms with E-state index in [4.69, 9.17) is 9.72 Å². The number of aryl methyl sites for hydroxylation is 1. The molecule has 5 aromatic rings. The molecule has 0 aliphatic carbocycles. The molecule has 1 aromatic heterocycles. The molecule has 1 heterocycles. The second-order valence-electron chi connectivity index (χ2n) is 9.13. The summed E-state index contributed by atoms with van der Waals surface area (Å²) >= 11 is 0. The fraction of sp³-hybridized carbons (Fsp3) is 0.0690. The van der Waals surface area contributed by atoms with E-state index in [0.717, 1.165) is 16.3 Å². The Kier molecular flexibility index (Phi) is 7.73. The van der Waals surface area contributed by atoms with Crippen molar-refractivity contribution in [1.82, 2.24) is 9.66 Å². The lowest BCUT2D eigenvalue weighted by atomic mass is 9.95. The van der Waals surface area contributed by atoms with Gasteiger partial charge in [0, 0.05) is 16.7 Å². The second kappa shape index (κ2) is 11.6. The van der Waals surface area contributed by atoms with Gasteiger partial charge in [0.1, 0.15) is 11.5 Å². The molecule has 214 valence electrons. The van der Waals surface area contributed by atoms with Crippen LogP contribution in [0.25, 0.3) is 22.3 Å². The molecule has 0 amide bonds. The van der Waals surface area contributed by atoms with Crippen molar-refractivity contribution in [3.63, 3.8) is 0 Å². The van der Waals surface area contributed by atoms with E-state index in [-0.39, 0.29) is 28.3 Å². The summed E-state index contributed by atoms with van der Waals surface area (Å²) in [6, 6.07) is 22.1. The zero-order valence-corrected chi connectivity index (χ0v) is 22.3. The predicted molar refractivity (Wildman–Crippen MR) is 157 cm³/mol. The van der Waals surface area contributed by atoms with E-state index in [1.807, 2.05) is 6.92 Å². The minimum Gasteiger partial charge on any atom is -0.733 e. The van der Waals surface area contributed by atoms with Crippen LogP contribution in [0.15, 0.2) is 94.9 Å². The quantitative estimate of drug-likeness (QED) is 0.114. The van der Waals surface area contributed by atoms with Crippen LogP contribution in [-0.2, 0) is 0 Å². The highest BCUT2D eigenvalue weighted by atomic mass is 16.8. The van der Waals surface area contributed by atoms with Gasteiger partial charge in [0.2, 0.25) is 0 Å². The standard InChI is InChI=1S/C29H24N6O7/c1-17-15-18(11-14-26(17)42-2)27(32-37)20-7-3-4-8-21(20)28-30-23-10-6-5-9-22(23)29(36)33(28)31-24-13-12-19(34(38)39)16-25(24)35(40)41/h3-16,31,37-38,40H,1-2H3/q-2/b32-27+. The fourth-order valence-corrected chi connectivity index (χ4v) is 4.61. The number of nitrogens with zero attached hydrogens (tertiary/aromatic N) is 5. The van der Waals surface area contributed by atoms with Gasteiger partial charge in [-0.25, -0.2) is 4.98 Å². The van der Waals surface area contributed by atoms with Crippen molar-refractivity contribution in [3.05, 3.63) is 122 Å². The smallest absolute Gasteiger partial charge is 0.280 e. The highest BCUT2D eigenvalue weighted by Crippen LogP contribution is 2.32. The Morgan fingerprint density at radius 3 is 2.40 bits per heavy atom. The number of benzene rings is 4. The van der Waals surface area contributed by atoms with E-state index in [1.165, 1.54) is 12.1 Å². The van der Waals surface area contributed by atoms with Gasteiger partial charge in [-0.05, 0) is 61.0 Å². The number of anilines is 3. The van der Waals surface area contributed by atoms with Crippen LogP contribution in [0.1, 0.15) is 16.7 Å². The molecule has 0 fully saturated rings. The van der Waals surface area contributed by atoms with Gasteiger partial charge in [0.15, 0.2) is 5.82 Å². The number of para-hydroxylation sites is 1. The highest BCUT2D eigenvalue weighted by Gasteiger charge is 2.21. The molecule has 0 aliphatic rings. The minimum absolute atomic E-state index is 0.0821. The number of ether oxygens (including phenoxy) is 1. The maximum absolute atomic E-state index is 13.8. The van der Waals surface area contributed by atoms with Crippen LogP contribution in [0.2, 0.25) is 0 Å². The van der Waals surface area contributed by atoms with Crippen LogP contribution in [-0.4, -0.2) is 38.1 Å². The van der Waals surface area contributed by atoms with E-state index >= 15 is 0 Å². The number of hydrogen-bond donors (Lipinski definition) is 4. The van der Waals surface area contributed by atoms with Gasteiger partial charge in [0.05, 0.1) is 35.1 Å². The first-order valence-corrected chi connectivity index (χ1v) is 12.5. The van der Waals surface area contributed by atoms with Crippen LogP contribution in [0.5, 0.6) is 5.75 Å². The fourth-order valence-electron chi connectivity index (χ4n) is 4.61. The van der Waals surface area contributed by atoms with E-state index in [2.05, 4.69) is 10.6 Å². The van der Waals surface area contributed by atoms with E-state index < -0.39 is 21.7 Å². The molecule has 0 saturated carbocycles. The molecule has 0 saturated heterocycles. The lowest BCUT2D eigenvalue weighted by Gasteiger charge is -2.29. The van der Waals surface area contributed by atoms with Crippen molar-refractivity contribution in [2.45, 2.75) is 6.92 Å². The predicted octanol–water partition coefficient (Wildman–Crippen LogP) is 4.87. The maximum atomic E-state index is 13.8. The molecule has 4 N–H and O–H groups in total. The average molecular weight is 569 g/mol. The minimum atomic E-state index is -0.550. The summed E-state index contributed by atoms with van der Waals surface area (Å²) in [6.07, 6.45) is 0. The van der Waals surface area contributed by atoms with Gasteiger partial charge in [-0.2, -0.15) is 4.68 Å². The Morgan fingerprint density at radius 1 is 0.976 bits per heavy atom. The van der Waals surface area contributed by atoms with E-state index in [9.17, 15) is 30.8 Å². The molecule has 0 unspecified atom stereocenters. The molecule has 0 atom stereocenters. The largest absolute Gasteiger partial charge is 0.733 e. The van der Waals surface area contributed by atoms with Gasteiger partial charge < -0.3 is 30.8 Å². The molecule has 5 rings (SSSR count). The van der Waals surface area contributed by atoms with Crippen LogP contribution in [0.4, 0.5) is 17.1 Å². The zero-order chi connectivity index (χ0) is 30.0. The summed E-state index contributed by atoms with van der Waals surface area (Å²) in [6.45, 7) is 1.85. The van der Waals surface area contributed by atoms with Crippen LogP contribution in [0.3, 0.4) is 0 Å². The summed E-state index contributed by atoms with van der Waals surface area (Å²) in [5.41, 5.74) is 4.12. The summed E-state index contributed by atoms with van der Waals surface area (Å²) in [5, 5.41) is 55.3. The van der Waals surface area contributed by atoms with E-state index in [0.29, 0.717) is 28.0 Å². The third-order valence-electron chi connectivity index (χ3n) is 6.61. The SMILES string of the molecule is COc1ccc(/C(=N\O)c2ccccc2-c2nc3ccccc3c(=O)n2Nc2ccc(N([O-])O)cc2N([O-])O)cc1C. The molecule has 0 bridgehead atoms. The molecule has 4 aromatic carbocycles.